The SMILES string of the molecule is CCCCCCCC[C@@H](OC(=O)c1ccc(OC(=O)c2ccc(C3OCC(CCCCC)CO3)cc2)cc1)C(F)(F)F. The number of hydrogen-bond donors (Lipinski definition) is 0. The van der Waals surface area contributed by atoms with Crippen molar-refractivity contribution in [2.24, 2.45) is 5.92 Å². The molecular formula is C33H43F3O6. The van der Waals surface area contributed by atoms with Crippen LogP contribution in [0.4, 0.5) is 13.2 Å². The van der Waals surface area contributed by atoms with Crippen LogP contribution in [-0.4, -0.2) is 37.4 Å². The van der Waals surface area contributed by atoms with Crippen molar-refractivity contribution in [1.29, 1.82) is 0 Å². The topological polar surface area (TPSA) is 71.1 Å². The zero-order valence-electron chi connectivity index (χ0n) is 24.6. The Bertz CT molecular complexity index is 1080. The third-order valence-electron chi connectivity index (χ3n) is 7.34. The molecule has 6 nitrogen and oxygen atoms in total. The summed E-state index contributed by atoms with van der Waals surface area (Å²) in [5, 5.41) is 0. The van der Waals surface area contributed by atoms with Gasteiger partial charge in [-0.1, -0.05) is 77.3 Å². The van der Waals surface area contributed by atoms with Gasteiger partial charge >= 0.3 is 18.1 Å². The molecule has 0 aromatic heterocycles. The molecule has 0 amide bonds. The molecule has 0 aliphatic carbocycles. The first-order valence-electron chi connectivity index (χ1n) is 15.1. The monoisotopic (exact) mass is 592 g/mol. The minimum absolute atomic E-state index is 0.0589. The van der Waals surface area contributed by atoms with Crippen molar-refractivity contribution < 1.29 is 41.7 Å². The third-order valence-corrected chi connectivity index (χ3v) is 7.34. The van der Waals surface area contributed by atoms with E-state index < -0.39 is 30.5 Å². The second kappa shape index (κ2) is 17.3. The molecule has 3 rings (SSSR count). The highest BCUT2D eigenvalue weighted by Crippen LogP contribution is 2.29. The van der Waals surface area contributed by atoms with Crippen molar-refractivity contribution in [3.05, 3.63) is 65.2 Å². The van der Waals surface area contributed by atoms with Crippen LogP contribution in [0.25, 0.3) is 0 Å². The van der Waals surface area contributed by atoms with Crippen molar-refractivity contribution in [3.63, 3.8) is 0 Å². The number of esters is 2. The van der Waals surface area contributed by atoms with Gasteiger partial charge < -0.3 is 18.9 Å². The van der Waals surface area contributed by atoms with Gasteiger partial charge in [-0.2, -0.15) is 13.2 Å². The minimum Gasteiger partial charge on any atom is -0.449 e. The van der Waals surface area contributed by atoms with E-state index in [1.54, 1.807) is 24.3 Å². The number of hydrogen-bond acceptors (Lipinski definition) is 6. The lowest BCUT2D eigenvalue weighted by molar-refractivity contribution is -0.206. The van der Waals surface area contributed by atoms with E-state index in [1.165, 1.54) is 43.5 Å². The highest BCUT2D eigenvalue weighted by Gasteiger charge is 2.42. The smallest absolute Gasteiger partial charge is 0.425 e. The van der Waals surface area contributed by atoms with E-state index in [9.17, 15) is 22.8 Å². The van der Waals surface area contributed by atoms with Gasteiger partial charge in [0, 0.05) is 11.5 Å². The maximum absolute atomic E-state index is 13.4. The van der Waals surface area contributed by atoms with Gasteiger partial charge in [-0.25, -0.2) is 9.59 Å². The lowest BCUT2D eigenvalue weighted by Gasteiger charge is -2.29. The Labute approximate surface area is 246 Å². The molecule has 1 aliphatic rings. The van der Waals surface area contributed by atoms with Gasteiger partial charge in [0.1, 0.15) is 5.75 Å². The van der Waals surface area contributed by atoms with Crippen LogP contribution in [0, 0.1) is 5.92 Å². The second-order valence-corrected chi connectivity index (χ2v) is 10.9. The van der Waals surface area contributed by atoms with Gasteiger partial charge in [0.2, 0.25) is 0 Å². The van der Waals surface area contributed by atoms with E-state index in [4.69, 9.17) is 18.9 Å². The molecule has 0 spiro atoms. The van der Waals surface area contributed by atoms with Crippen LogP contribution in [0.1, 0.15) is 117 Å². The van der Waals surface area contributed by atoms with Crippen LogP contribution in [0.15, 0.2) is 48.5 Å². The summed E-state index contributed by atoms with van der Waals surface area (Å²) in [4.78, 5) is 25.0. The van der Waals surface area contributed by atoms with E-state index >= 15 is 0 Å². The number of benzene rings is 2. The molecule has 2 aromatic rings. The predicted octanol–water partition coefficient (Wildman–Crippen LogP) is 8.99. The Hall–Kier alpha value is -2.91. The first kappa shape index (κ1) is 33.6. The summed E-state index contributed by atoms with van der Waals surface area (Å²) in [6.07, 6.45) is 2.03. The predicted molar refractivity (Wildman–Crippen MR) is 153 cm³/mol. The van der Waals surface area contributed by atoms with Crippen molar-refractivity contribution >= 4 is 11.9 Å². The van der Waals surface area contributed by atoms with Crippen molar-refractivity contribution in [2.75, 3.05) is 13.2 Å². The van der Waals surface area contributed by atoms with Crippen LogP contribution in [-0.2, 0) is 14.2 Å². The summed E-state index contributed by atoms with van der Waals surface area (Å²) >= 11 is 0. The molecule has 0 N–H and O–H groups in total. The van der Waals surface area contributed by atoms with Crippen LogP contribution in [0.5, 0.6) is 5.75 Å². The number of alkyl halides is 3. The Balaban J connectivity index is 1.47. The quantitative estimate of drug-likeness (QED) is 0.110. The molecule has 42 heavy (non-hydrogen) atoms. The summed E-state index contributed by atoms with van der Waals surface area (Å²) < 4.78 is 62.3. The summed E-state index contributed by atoms with van der Waals surface area (Å²) in [5.41, 5.74) is 1.05. The molecule has 1 aliphatic heterocycles. The molecule has 2 aromatic carbocycles. The Kier molecular flexibility index (Phi) is 13.8. The van der Waals surface area contributed by atoms with E-state index in [-0.39, 0.29) is 17.7 Å². The summed E-state index contributed by atoms with van der Waals surface area (Å²) in [7, 11) is 0. The fraction of sp³-hybridized carbons (Fsp3) is 0.576. The average molecular weight is 593 g/mol. The first-order valence-corrected chi connectivity index (χ1v) is 15.1. The van der Waals surface area contributed by atoms with Gasteiger partial charge in [0.15, 0.2) is 12.4 Å². The molecule has 1 saturated heterocycles. The van der Waals surface area contributed by atoms with Gasteiger partial charge in [-0.15, -0.1) is 0 Å². The van der Waals surface area contributed by atoms with Gasteiger partial charge in [-0.05, 0) is 55.7 Å². The number of halogens is 3. The van der Waals surface area contributed by atoms with E-state index in [0.29, 0.717) is 37.5 Å². The van der Waals surface area contributed by atoms with E-state index in [0.717, 1.165) is 37.7 Å². The molecule has 0 radical (unpaired) electrons. The van der Waals surface area contributed by atoms with Crippen LogP contribution < -0.4 is 4.74 Å². The molecule has 1 heterocycles. The van der Waals surface area contributed by atoms with Crippen molar-refractivity contribution in [1.82, 2.24) is 0 Å². The molecule has 232 valence electrons. The maximum atomic E-state index is 13.4. The van der Waals surface area contributed by atoms with Gasteiger partial charge in [0.05, 0.1) is 24.3 Å². The van der Waals surface area contributed by atoms with Crippen LogP contribution >= 0.6 is 0 Å². The number of unbranched alkanes of at least 4 members (excludes halogenated alkanes) is 7. The molecule has 9 heteroatoms. The first-order chi connectivity index (χ1) is 20.2. The zero-order chi connectivity index (χ0) is 30.4. The molecule has 1 fully saturated rings. The second-order valence-electron chi connectivity index (χ2n) is 10.9. The molecule has 1 atom stereocenters. The summed E-state index contributed by atoms with van der Waals surface area (Å²) in [6.45, 7) is 5.52. The van der Waals surface area contributed by atoms with E-state index in [1.807, 2.05) is 0 Å². The fourth-order valence-electron chi connectivity index (χ4n) is 4.78. The number of ether oxygens (including phenoxy) is 4. The normalized spacial score (nSPS) is 17.9. The molecule has 0 bridgehead atoms. The Morgan fingerprint density at radius 1 is 0.786 bits per heavy atom. The highest BCUT2D eigenvalue weighted by atomic mass is 19.4. The van der Waals surface area contributed by atoms with Crippen molar-refractivity contribution in [2.45, 2.75) is 103 Å². The van der Waals surface area contributed by atoms with Crippen LogP contribution in [0.3, 0.4) is 0 Å². The number of carbonyl (C=O) groups is 2. The maximum Gasteiger partial charge on any atom is 0.425 e. The fourth-order valence-corrected chi connectivity index (χ4v) is 4.78. The summed E-state index contributed by atoms with van der Waals surface area (Å²) in [6, 6.07) is 12.0. The van der Waals surface area contributed by atoms with Gasteiger partial charge in [-0.3, -0.25) is 0 Å². The molecule has 0 unspecified atom stereocenters. The van der Waals surface area contributed by atoms with Crippen LogP contribution in [0.2, 0.25) is 0 Å². The standard InChI is InChI=1S/C33H43F3O6/c1-3-5-7-8-9-11-13-29(33(34,35)36)42-31(38)26-18-20-28(21-19-26)41-30(37)25-14-16-27(17-15-25)32-39-22-24(23-40-32)12-10-6-4-2/h14-21,24,29,32H,3-13,22-23H2,1-2H3/t24?,29-,32?/m1/s1. The van der Waals surface area contributed by atoms with E-state index in [2.05, 4.69) is 13.8 Å². The summed E-state index contributed by atoms with van der Waals surface area (Å²) in [5.74, 6) is -1.15. The highest BCUT2D eigenvalue weighted by molar-refractivity contribution is 5.92. The lowest BCUT2D eigenvalue weighted by Crippen LogP contribution is -2.33. The minimum atomic E-state index is -4.64. The lowest BCUT2D eigenvalue weighted by atomic mass is 10.0. The third kappa shape index (κ3) is 11.1. The number of rotatable bonds is 16. The Morgan fingerprint density at radius 2 is 1.33 bits per heavy atom. The molecular weight excluding hydrogens is 549 g/mol. The Morgan fingerprint density at radius 3 is 1.95 bits per heavy atom. The zero-order valence-corrected chi connectivity index (χ0v) is 24.6. The van der Waals surface area contributed by atoms with Gasteiger partial charge in [0.25, 0.3) is 0 Å². The average Bonchev–Trinajstić information content (AvgIpc) is 2.98. The van der Waals surface area contributed by atoms with Crippen molar-refractivity contribution in [3.8, 4) is 5.75 Å². The number of carbonyl (C=O) groups excluding carboxylic acids is 2. The largest absolute Gasteiger partial charge is 0.449 e. The molecule has 0 saturated carbocycles.